The van der Waals surface area contributed by atoms with E-state index in [1.165, 1.54) is 0 Å². The van der Waals surface area contributed by atoms with Gasteiger partial charge < -0.3 is 28.6 Å². The number of ether oxygens (including phenoxy) is 5. The zero-order chi connectivity index (χ0) is 20.4. The number of nitrogens with zero attached hydrogens (tertiary/aromatic N) is 1. The lowest BCUT2D eigenvalue weighted by atomic mass is 10.1. The van der Waals surface area contributed by atoms with E-state index in [0.717, 1.165) is 11.1 Å². The molecule has 1 amide bonds. The molecule has 2 aromatic rings. The molecule has 0 saturated carbocycles. The lowest BCUT2D eigenvalue weighted by molar-refractivity contribution is -0.128. The topological polar surface area (TPSA) is 66.5 Å². The zero-order valence-corrected chi connectivity index (χ0v) is 17.4. The van der Waals surface area contributed by atoms with Crippen molar-refractivity contribution in [3.63, 3.8) is 0 Å². The van der Waals surface area contributed by atoms with Crippen LogP contribution < -0.4 is 23.7 Å². The van der Waals surface area contributed by atoms with E-state index in [9.17, 15) is 4.79 Å². The molecule has 4 rings (SSSR count). The monoisotopic (exact) mass is 417 g/mol. The van der Waals surface area contributed by atoms with Gasteiger partial charge >= 0.3 is 0 Å². The molecule has 1 unspecified atom stereocenters. The molecule has 0 bridgehead atoms. The Kier molecular flexibility index (Phi) is 5.62. The number of benzene rings is 2. The van der Waals surface area contributed by atoms with Crippen molar-refractivity contribution in [3.05, 3.63) is 41.5 Å². The number of carbonyl (C=O) groups excluding carboxylic acids is 1. The van der Waals surface area contributed by atoms with Gasteiger partial charge in [-0.3, -0.25) is 4.79 Å². The maximum Gasteiger partial charge on any atom is 0.233 e. The second kappa shape index (κ2) is 8.32. The van der Waals surface area contributed by atoms with E-state index in [1.54, 1.807) is 33.1 Å². The lowest BCUT2D eigenvalue weighted by Crippen LogP contribution is -2.30. The van der Waals surface area contributed by atoms with E-state index in [1.807, 2.05) is 35.2 Å². The third kappa shape index (κ3) is 3.76. The number of fused-ring (bicyclic) bond motifs is 1. The van der Waals surface area contributed by atoms with Crippen LogP contribution in [-0.2, 0) is 11.2 Å². The van der Waals surface area contributed by atoms with Gasteiger partial charge in [0.2, 0.25) is 18.4 Å². The van der Waals surface area contributed by atoms with E-state index in [2.05, 4.69) is 0 Å². The molecule has 154 valence electrons. The van der Waals surface area contributed by atoms with Crippen molar-refractivity contribution in [1.82, 2.24) is 4.90 Å². The highest BCUT2D eigenvalue weighted by molar-refractivity contribution is 8.00. The van der Waals surface area contributed by atoms with Gasteiger partial charge in [0.25, 0.3) is 0 Å². The van der Waals surface area contributed by atoms with Crippen molar-refractivity contribution in [1.29, 1.82) is 0 Å². The van der Waals surface area contributed by atoms with Crippen molar-refractivity contribution in [2.24, 2.45) is 0 Å². The predicted molar refractivity (Wildman–Crippen MR) is 109 cm³/mol. The summed E-state index contributed by atoms with van der Waals surface area (Å²) < 4.78 is 27.1. The number of amides is 1. The third-order valence-electron chi connectivity index (χ3n) is 5.02. The van der Waals surface area contributed by atoms with Crippen LogP contribution in [0.25, 0.3) is 0 Å². The summed E-state index contributed by atoms with van der Waals surface area (Å²) >= 11 is 1.60. The molecule has 29 heavy (non-hydrogen) atoms. The van der Waals surface area contributed by atoms with Crippen LogP contribution in [-0.4, -0.2) is 51.2 Å². The summed E-state index contributed by atoms with van der Waals surface area (Å²) in [6.45, 7) is 0.775. The Hall–Kier alpha value is -2.74. The smallest absolute Gasteiger partial charge is 0.233 e. The first-order valence-electron chi connectivity index (χ1n) is 9.24. The highest BCUT2D eigenvalue weighted by atomic mass is 32.2. The Morgan fingerprint density at radius 3 is 2.59 bits per heavy atom. The molecule has 0 aromatic heterocycles. The third-order valence-corrected chi connectivity index (χ3v) is 6.28. The van der Waals surface area contributed by atoms with E-state index < -0.39 is 0 Å². The quantitative estimate of drug-likeness (QED) is 0.685. The number of thioether (sulfide) groups is 1. The summed E-state index contributed by atoms with van der Waals surface area (Å²) in [5, 5.41) is -0.0916. The molecular weight excluding hydrogens is 394 g/mol. The van der Waals surface area contributed by atoms with Crippen molar-refractivity contribution in [2.75, 3.05) is 40.4 Å². The van der Waals surface area contributed by atoms with Crippen LogP contribution in [0.1, 0.15) is 16.5 Å². The van der Waals surface area contributed by atoms with Crippen LogP contribution in [0, 0.1) is 0 Å². The molecule has 2 aromatic carbocycles. The van der Waals surface area contributed by atoms with Crippen molar-refractivity contribution in [2.45, 2.75) is 11.8 Å². The summed E-state index contributed by atoms with van der Waals surface area (Å²) in [6, 6.07) is 9.69. The minimum absolute atomic E-state index is 0.0916. The summed E-state index contributed by atoms with van der Waals surface area (Å²) in [5.41, 5.74) is 2.05. The first-order chi connectivity index (χ1) is 14.1. The van der Waals surface area contributed by atoms with E-state index >= 15 is 0 Å². The van der Waals surface area contributed by atoms with Gasteiger partial charge in [0.1, 0.15) is 5.37 Å². The number of methoxy groups -OCH3 is 3. The number of hydrogen-bond donors (Lipinski definition) is 0. The second-order valence-electron chi connectivity index (χ2n) is 6.65. The van der Waals surface area contributed by atoms with Gasteiger partial charge in [0.05, 0.1) is 27.1 Å². The summed E-state index contributed by atoms with van der Waals surface area (Å²) in [7, 11) is 4.83. The van der Waals surface area contributed by atoms with Crippen LogP contribution in [0.5, 0.6) is 28.7 Å². The van der Waals surface area contributed by atoms with E-state index in [-0.39, 0.29) is 18.1 Å². The molecule has 1 fully saturated rings. The van der Waals surface area contributed by atoms with Gasteiger partial charge in [-0.15, -0.1) is 11.8 Å². The normalized spacial score (nSPS) is 17.6. The molecule has 8 heteroatoms. The van der Waals surface area contributed by atoms with E-state index in [4.69, 9.17) is 23.7 Å². The molecule has 0 spiro atoms. The van der Waals surface area contributed by atoms with Gasteiger partial charge in [-0.25, -0.2) is 0 Å². The van der Waals surface area contributed by atoms with Gasteiger partial charge in [-0.1, -0.05) is 6.07 Å². The minimum atomic E-state index is -0.0916. The predicted octanol–water partition coefficient (Wildman–Crippen LogP) is 3.26. The molecule has 0 N–H and O–H groups in total. The SMILES string of the molecule is COc1ccc(CCN2C(=O)CSC2c2cc(OC)c3c(c2)OCO3)cc1OC. The summed E-state index contributed by atoms with van der Waals surface area (Å²) in [6.07, 6.45) is 0.713. The van der Waals surface area contributed by atoms with Crippen molar-refractivity contribution < 1.29 is 28.5 Å². The van der Waals surface area contributed by atoms with Gasteiger partial charge in [-0.05, 0) is 41.8 Å². The number of carbonyl (C=O) groups is 1. The molecule has 1 saturated heterocycles. The van der Waals surface area contributed by atoms with Gasteiger partial charge in [-0.2, -0.15) is 0 Å². The average Bonchev–Trinajstić information content (AvgIpc) is 3.37. The molecule has 7 nitrogen and oxygen atoms in total. The molecule has 0 radical (unpaired) electrons. The maximum atomic E-state index is 12.6. The molecule has 1 atom stereocenters. The standard InChI is InChI=1S/C21H23NO6S/c1-24-15-5-4-13(8-16(15)25-2)6-7-22-19(23)11-29-21(22)14-9-17(26-3)20-18(10-14)27-12-28-20/h4-5,8-10,21H,6-7,11-12H2,1-3H3. The fraction of sp³-hybridized carbons (Fsp3) is 0.381. The van der Waals surface area contributed by atoms with Crippen LogP contribution >= 0.6 is 11.8 Å². The van der Waals surface area contributed by atoms with Crippen LogP contribution in [0.4, 0.5) is 0 Å². The zero-order valence-electron chi connectivity index (χ0n) is 16.6. The van der Waals surface area contributed by atoms with E-state index in [0.29, 0.717) is 47.5 Å². The first kappa shape index (κ1) is 19.6. The maximum absolute atomic E-state index is 12.6. The molecule has 2 aliphatic heterocycles. The average molecular weight is 417 g/mol. The second-order valence-corrected chi connectivity index (χ2v) is 7.72. The van der Waals surface area contributed by atoms with Crippen LogP contribution in [0.2, 0.25) is 0 Å². The molecule has 2 heterocycles. The Labute approximate surface area is 173 Å². The summed E-state index contributed by atoms with van der Waals surface area (Å²) in [5.74, 6) is 3.83. The van der Waals surface area contributed by atoms with Crippen molar-refractivity contribution >= 4 is 17.7 Å². The fourth-order valence-electron chi connectivity index (χ4n) is 3.55. The molecular formula is C21H23NO6S. The Bertz CT molecular complexity index is 918. The Morgan fingerprint density at radius 2 is 1.83 bits per heavy atom. The van der Waals surface area contributed by atoms with Gasteiger partial charge in [0, 0.05) is 6.54 Å². The number of hydrogen-bond acceptors (Lipinski definition) is 7. The van der Waals surface area contributed by atoms with Crippen LogP contribution in [0.15, 0.2) is 30.3 Å². The highest BCUT2D eigenvalue weighted by Gasteiger charge is 2.34. The highest BCUT2D eigenvalue weighted by Crippen LogP contribution is 2.47. The molecule has 2 aliphatic rings. The fourth-order valence-corrected chi connectivity index (χ4v) is 4.75. The summed E-state index contributed by atoms with van der Waals surface area (Å²) in [4.78, 5) is 14.5. The minimum Gasteiger partial charge on any atom is -0.493 e. The largest absolute Gasteiger partial charge is 0.493 e. The Balaban J connectivity index is 1.54. The van der Waals surface area contributed by atoms with Crippen LogP contribution in [0.3, 0.4) is 0 Å². The van der Waals surface area contributed by atoms with Crippen molar-refractivity contribution in [3.8, 4) is 28.7 Å². The molecule has 0 aliphatic carbocycles. The lowest BCUT2D eigenvalue weighted by Gasteiger charge is -2.25. The Morgan fingerprint density at radius 1 is 1.03 bits per heavy atom. The van der Waals surface area contributed by atoms with Gasteiger partial charge in [0.15, 0.2) is 23.0 Å². The number of rotatable bonds is 7. The first-order valence-corrected chi connectivity index (χ1v) is 10.3.